The number of unbranched alkanes of at least 4 members (excludes halogenated alkanes) is 32. The Balaban J connectivity index is 3.98. The Bertz CT molecular complexity index is 2300. The molecule has 0 fully saturated rings. The van der Waals surface area contributed by atoms with Gasteiger partial charge in [-0.15, -0.1) is 0 Å². The molecule has 0 aromatic carbocycles. The standard InChI is InChI=1S/C90H152NO8P/c1-6-8-10-12-14-16-18-20-22-24-26-28-30-32-34-36-38-40-42-43-44-45-46-47-49-50-52-54-56-58-60-62-64-66-68-70-72-74-76-78-80-82-89(92)96-86-88(87-98-100(94,95)97-85-84-91(3,4)5)99-90(93)83-81-79-77-75-73-71-69-67-65-63-61-59-57-55-53-51-48-41-39-37-35-33-31-29-27-25-23-21-19-17-15-13-11-9-7-2/h8-11,14-17,20-23,26-29,32-35,38-41,51,53,57,59,88H,6-7,12-13,18-19,24-25,30-31,36-37,42-50,52,54-56,58,60-87H2,1-5H3/b10-8-,11-9-,16-14-,17-15-,22-20-,23-21-,28-26-,29-27-,34-32-,35-33-,40-38-,41-39-,53-51-,59-57-. The number of likely N-dealkylation sites (N-methyl/N-ethyl adjacent to an activating group) is 1. The van der Waals surface area contributed by atoms with Crippen molar-refractivity contribution in [2.45, 2.75) is 341 Å². The van der Waals surface area contributed by atoms with Crippen molar-refractivity contribution in [3.63, 3.8) is 0 Å². The van der Waals surface area contributed by atoms with Gasteiger partial charge in [-0.1, -0.05) is 364 Å². The van der Waals surface area contributed by atoms with Gasteiger partial charge in [-0.3, -0.25) is 14.2 Å². The molecule has 0 aromatic heterocycles. The number of allylic oxidation sites excluding steroid dienone is 28. The van der Waals surface area contributed by atoms with Gasteiger partial charge in [-0.2, -0.15) is 0 Å². The molecule has 0 bridgehead atoms. The SMILES string of the molecule is CC/C=C\C/C=C\C/C=C\C/C=C\C/C=C\C/C=C\C/C=C\C/C=C\CCCCCCCCCCCCC(=O)OC(COC(=O)CCCCCCCCCCCCCCCCCCCCCCCC/C=C\C/C=C\C/C=C\C/C=C\C/C=C\C/C=C\CC)COP(=O)([O-])OCC[N+](C)(C)C. The van der Waals surface area contributed by atoms with Gasteiger partial charge in [0, 0.05) is 12.8 Å². The summed E-state index contributed by atoms with van der Waals surface area (Å²) in [5.41, 5.74) is 0. The first kappa shape index (κ1) is 95.4. The molecule has 570 valence electrons. The van der Waals surface area contributed by atoms with Gasteiger partial charge in [0.15, 0.2) is 6.10 Å². The van der Waals surface area contributed by atoms with Crippen LogP contribution in [0, 0.1) is 0 Å². The van der Waals surface area contributed by atoms with E-state index in [2.05, 4.69) is 184 Å². The Labute approximate surface area is 617 Å². The first-order chi connectivity index (χ1) is 49.0. The van der Waals surface area contributed by atoms with Gasteiger partial charge < -0.3 is 27.9 Å². The quantitative estimate of drug-likeness (QED) is 0.0195. The van der Waals surface area contributed by atoms with E-state index in [0.29, 0.717) is 17.4 Å². The van der Waals surface area contributed by atoms with Crippen molar-refractivity contribution in [1.29, 1.82) is 0 Å². The number of hydrogen-bond donors (Lipinski definition) is 0. The van der Waals surface area contributed by atoms with Crippen molar-refractivity contribution in [2.75, 3.05) is 47.5 Å². The van der Waals surface area contributed by atoms with E-state index in [1.165, 1.54) is 167 Å². The summed E-state index contributed by atoms with van der Waals surface area (Å²) in [5, 5.41) is 0. The third-order valence-corrected chi connectivity index (χ3v) is 18.2. The molecule has 2 unspecified atom stereocenters. The molecule has 0 saturated carbocycles. The monoisotopic (exact) mass is 1410 g/mol. The van der Waals surface area contributed by atoms with Crippen LogP contribution in [0.15, 0.2) is 170 Å². The smallest absolute Gasteiger partial charge is 0.306 e. The molecule has 0 radical (unpaired) electrons. The molecule has 0 aliphatic carbocycles. The molecule has 9 nitrogen and oxygen atoms in total. The third-order valence-electron chi connectivity index (χ3n) is 17.2. The number of ether oxygens (including phenoxy) is 2. The van der Waals surface area contributed by atoms with Crippen LogP contribution in [0.5, 0.6) is 0 Å². The van der Waals surface area contributed by atoms with Crippen LogP contribution in [0.1, 0.15) is 335 Å². The lowest BCUT2D eigenvalue weighted by atomic mass is 10.0. The lowest BCUT2D eigenvalue weighted by Gasteiger charge is -2.28. The zero-order valence-corrected chi connectivity index (χ0v) is 66.0. The molecule has 0 heterocycles. The molecule has 10 heteroatoms. The number of phosphoric acid groups is 1. The van der Waals surface area contributed by atoms with Gasteiger partial charge in [-0.05, 0) is 128 Å². The van der Waals surface area contributed by atoms with Crippen LogP contribution in [0.4, 0.5) is 0 Å². The number of nitrogens with zero attached hydrogens (tertiary/aromatic N) is 1. The Kier molecular flexibility index (Phi) is 74.9. The Morgan fingerprint density at radius 2 is 0.540 bits per heavy atom. The zero-order chi connectivity index (χ0) is 72.5. The fraction of sp³-hybridized carbons (Fsp3) is 0.667. The number of phosphoric ester groups is 1. The molecule has 0 spiro atoms. The van der Waals surface area contributed by atoms with Crippen molar-refractivity contribution in [1.82, 2.24) is 0 Å². The Morgan fingerprint density at radius 1 is 0.310 bits per heavy atom. The van der Waals surface area contributed by atoms with E-state index in [1.54, 1.807) is 0 Å². The average molecular weight is 1410 g/mol. The highest BCUT2D eigenvalue weighted by Gasteiger charge is 2.22. The lowest BCUT2D eigenvalue weighted by Crippen LogP contribution is -2.37. The number of hydrogen-bond acceptors (Lipinski definition) is 8. The van der Waals surface area contributed by atoms with Crippen molar-refractivity contribution >= 4 is 19.8 Å². The maximum absolute atomic E-state index is 12.9. The summed E-state index contributed by atoms with van der Waals surface area (Å²) in [7, 11) is 1.16. The van der Waals surface area contributed by atoms with Gasteiger partial charge in [0.2, 0.25) is 0 Å². The molecule has 0 aromatic rings. The van der Waals surface area contributed by atoms with Crippen LogP contribution in [0.3, 0.4) is 0 Å². The predicted molar refractivity (Wildman–Crippen MR) is 433 cm³/mol. The summed E-state index contributed by atoms with van der Waals surface area (Å²) >= 11 is 0. The van der Waals surface area contributed by atoms with Crippen LogP contribution in [-0.2, 0) is 32.7 Å². The van der Waals surface area contributed by atoms with Gasteiger partial charge in [0.05, 0.1) is 27.7 Å². The number of quaternary nitrogens is 1. The van der Waals surface area contributed by atoms with E-state index in [4.69, 9.17) is 18.5 Å². The van der Waals surface area contributed by atoms with Crippen LogP contribution < -0.4 is 4.89 Å². The molecule has 100 heavy (non-hydrogen) atoms. The number of rotatable bonds is 74. The average Bonchev–Trinajstić information content (AvgIpc) is 1.65. The molecular formula is C90H152NO8P. The predicted octanol–water partition coefficient (Wildman–Crippen LogP) is 27.0. The molecule has 0 N–H and O–H groups in total. The number of carbonyl (C=O) groups is 2. The molecule has 0 aliphatic rings. The molecular weight excluding hydrogens is 1250 g/mol. The second-order valence-corrected chi connectivity index (χ2v) is 29.4. The zero-order valence-electron chi connectivity index (χ0n) is 65.1. The molecule has 0 amide bonds. The van der Waals surface area contributed by atoms with Crippen molar-refractivity contribution < 1.29 is 42.1 Å². The highest BCUT2D eigenvalue weighted by Crippen LogP contribution is 2.38. The van der Waals surface area contributed by atoms with Crippen LogP contribution in [0.2, 0.25) is 0 Å². The highest BCUT2D eigenvalue weighted by molar-refractivity contribution is 7.45. The summed E-state index contributed by atoms with van der Waals surface area (Å²) in [6.45, 7) is 4.02. The van der Waals surface area contributed by atoms with E-state index in [1.807, 2.05) is 21.1 Å². The van der Waals surface area contributed by atoms with Gasteiger partial charge in [0.1, 0.15) is 19.8 Å². The number of esters is 2. The lowest BCUT2D eigenvalue weighted by molar-refractivity contribution is -0.870. The van der Waals surface area contributed by atoms with Gasteiger partial charge >= 0.3 is 11.9 Å². The molecule has 0 aliphatic heterocycles. The summed E-state index contributed by atoms with van der Waals surface area (Å²) in [6.07, 6.45) is 119. The Morgan fingerprint density at radius 3 is 0.800 bits per heavy atom. The maximum Gasteiger partial charge on any atom is 0.306 e. The van der Waals surface area contributed by atoms with Crippen LogP contribution >= 0.6 is 7.82 Å². The largest absolute Gasteiger partial charge is 0.756 e. The van der Waals surface area contributed by atoms with Crippen molar-refractivity contribution in [2.24, 2.45) is 0 Å². The fourth-order valence-corrected chi connectivity index (χ4v) is 11.8. The second-order valence-electron chi connectivity index (χ2n) is 28.0. The molecule has 0 rings (SSSR count). The first-order valence-electron chi connectivity index (χ1n) is 40.8. The van der Waals surface area contributed by atoms with Gasteiger partial charge in [-0.25, -0.2) is 0 Å². The molecule has 0 saturated heterocycles. The van der Waals surface area contributed by atoms with Crippen LogP contribution in [-0.4, -0.2) is 70.0 Å². The summed E-state index contributed by atoms with van der Waals surface area (Å²) in [6, 6.07) is 0. The van der Waals surface area contributed by atoms with Gasteiger partial charge in [0.25, 0.3) is 7.82 Å². The maximum atomic E-state index is 12.9. The van der Waals surface area contributed by atoms with Crippen molar-refractivity contribution in [3.05, 3.63) is 170 Å². The summed E-state index contributed by atoms with van der Waals surface area (Å²) in [4.78, 5) is 38.2. The third kappa shape index (κ3) is 82.3. The molecule has 2 atom stereocenters. The topological polar surface area (TPSA) is 111 Å². The minimum absolute atomic E-state index is 0.0372. The van der Waals surface area contributed by atoms with Crippen molar-refractivity contribution in [3.8, 4) is 0 Å². The van der Waals surface area contributed by atoms with E-state index >= 15 is 0 Å². The van der Waals surface area contributed by atoms with E-state index in [-0.39, 0.29) is 32.0 Å². The second kappa shape index (κ2) is 78.5. The highest BCUT2D eigenvalue weighted by atomic mass is 31.2. The minimum atomic E-state index is -4.66. The number of carbonyl (C=O) groups excluding carboxylic acids is 2. The van der Waals surface area contributed by atoms with E-state index < -0.39 is 26.5 Å². The normalized spacial score (nSPS) is 13.9. The van der Waals surface area contributed by atoms with Crippen LogP contribution in [0.25, 0.3) is 0 Å². The Hall–Kier alpha value is -4.63. The fourth-order valence-electron chi connectivity index (χ4n) is 11.1. The summed E-state index contributed by atoms with van der Waals surface area (Å²) < 4.78 is 34.4. The van der Waals surface area contributed by atoms with E-state index in [9.17, 15) is 19.0 Å². The van der Waals surface area contributed by atoms with E-state index in [0.717, 1.165) is 135 Å². The first-order valence-corrected chi connectivity index (χ1v) is 42.3. The summed E-state index contributed by atoms with van der Waals surface area (Å²) in [5.74, 6) is -0.834. The minimum Gasteiger partial charge on any atom is -0.756 e.